The third-order valence-electron chi connectivity index (χ3n) is 3.49. The maximum Gasteiger partial charge on any atom is 0.326 e. The van der Waals surface area contributed by atoms with Gasteiger partial charge in [0.2, 0.25) is 0 Å². The van der Waals surface area contributed by atoms with Gasteiger partial charge in [-0.15, -0.1) is 0 Å². The van der Waals surface area contributed by atoms with E-state index in [1.54, 1.807) is 0 Å². The van der Waals surface area contributed by atoms with Crippen LogP contribution in [0.1, 0.15) is 26.7 Å². The van der Waals surface area contributed by atoms with Crippen molar-refractivity contribution < 1.29 is 19.8 Å². The molecule has 0 aromatic rings. The Balaban J connectivity index is 2.69. The number of carboxylic acid groups (broad SMARTS) is 1. The number of likely N-dealkylation sites (tertiary alicyclic amines) is 1. The maximum atomic E-state index is 12.3. The van der Waals surface area contributed by atoms with Gasteiger partial charge in [0.15, 0.2) is 0 Å². The summed E-state index contributed by atoms with van der Waals surface area (Å²) < 4.78 is 0. The Kier molecular flexibility index (Phi) is 6.42. The van der Waals surface area contributed by atoms with Crippen LogP contribution >= 0.6 is 0 Å². The largest absolute Gasteiger partial charge is 0.480 e. The average molecular weight is 301 g/mol. The molecule has 2 amide bonds. The fraction of sp³-hybridized carbons (Fsp3) is 0.857. The number of β-amino-alcohol motifs (C(OH)–C–C–N with tert-alkyl or cyclic N) is 1. The van der Waals surface area contributed by atoms with Gasteiger partial charge in [-0.05, 0) is 26.4 Å². The van der Waals surface area contributed by atoms with E-state index in [0.717, 1.165) is 6.42 Å². The van der Waals surface area contributed by atoms with Gasteiger partial charge in [0.05, 0.1) is 6.10 Å². The molecule has 7 heteroatoms. The van der Waals surface area contributed by atoms with Crippen molar-refractivity contribution in [3.05, 3.63) is 0 Å². The number of likely N-dealkylation sites (N-methyl/N-ethyl adjacent to an activating group) is 1. The summed E-state index contributed by atoms with van der Waals surface area (Å²) >= 11 is 0. The molecule has 0 spiro atoms. The molecule has 1 fully saturated rings. The average Bonchev–Trinajstić information content (AvgIpc) is 2.69. The number of urea groups is 1. The lowest BCUT2D eigenvalue weighted by Gasteiger charge is -2.28. The van der Waals surface area contributed by atoms with E-state index in [0.29, 0.717) is 12.5 Å². The van der Waals surface area contributed by atoms with Crippen molar-refractivity contribution in [2.75, 3.05) is 27.2 Å². The van der Waals surface area contributed by atoms with E-state index in [9.17, 15) is 14.7 Å². The molecule has 0 aromatic heterocycles. The van der Waals surface area contributed by atoms with Crippen LogP contribution in [0.3, 0.4) is 0 Å². The number of carbonyl (C=O) groups is 2. The number of aliphatic hydroxyl groups is 1. The Morgan fingerprint density at radius 2 is 2.00 bits per heavy atom. The molecule has 1 saturated heterocycles. The highest BCUT2D eigenvalue weighted by Gasteiger charge is 2.39. The second-order valence-electron chi connectivity index (χ2n) is 6.43. The highest BCUT2D eigenvalue weighted by atomic mass is 16.4. The number of nitrogens with zero attached hydrogens (tertiary/aromatic N) is 2. The molecule has 7 nitrogen and oxygen atoms in total. The lowest BCUT2D eigenvalue weighted by Crippen LogP contribution is -2.51. The van der Waals surface area contributed by atoms with Gasteiger partial charge in [0, 0.05) is 25.6 Å². The first-order valence-corrected chi connectivity index (χ1v) is 7.33. The second kappa shape index (κ2) is 7.61. The molecular formula is C14H27N3O4. The number of aliphatic carboxylic acids is 1. The Hall–Kier alpha value is -1.34. The van der Waals surface area contributed by atoms with Gasteiger partial charge in [0.25, 0.3) is 0 Å². The lowest BCUT2D eigenvalue weighted by molar-refractivity contribution is -0.141. The fourth-order valence-corrected chi connectivity index (χ4v) is 2.72. The smallest absolute Gasteiger partial charge is 0.326 e. The van der Waals surface area contributed by atoms with Gasteiger partial charge < -0.3 is 25.3 Å². The van der Waals surface area contributed by atoms with E-state index in [1.165, 1.54) is 4.90 Å². The zero-order valence-electron chi connectivity index (χ0n) is 13.2. The molecule has 0 saturated carbocycles. The number of carbonyl (C=O) groups excluding carboxylic acids is 1. The minimum Gasteiger partial charge on any atom is -0.480 e. The molecular weight excluding hydrogens is 274 g/mol. The van der Waals surface area contributed by atoms with Crippen molar-refractivity contribution in [2.45, 2.75) is 44.9 Å². The Labute approximate surface area is 125 Å². The Morgan fingerprint density at radius 1 is 1.38 bits per heavy atom. The number of nitrogens with one attached hydrogen (secondary N) is 1. The molecule has 1 aliphatic rings. The third-order valence-corrected chi connectivity index (χ3v) is 3.49. The van der Waals surface area contributed by atoms with Crippen LogP contribution in [-0.2, 0) is 4.79 Å². The summed E-state index contributed by atoms with van der Waals surface area (Å²) in [6.45, 7) is 4.92. The maximum absolute atomic E-state index is 12.3. The van der Waals surface area contributed by atoms with Crippen LogP contribution in [0.4, 0.5) is 4.79 Å². The Bertz CT molecular complexity index is 363. The van der Waals surface area contributed by atoms with Gasteiger partial charge >= 0.3 is 12.0 Å². The van der Waals surface area contributed by atoms with Gasteiger partial charge in [-0.2, -0.15) is 0 Å². The third kappa shape index (κ3) is 5.51. The zero-order chi connectivity index (χ0) is 16.2. The summed E-state index contributed by atoms with van der Waals surface area (Å²) in [5.41, 5.74) is 0. The monoisotopic (exact) mass is 301 g/mol. The molecule has 0 bridgehead atoms. The van der Waals surface area contributed by atoms with Crippen LogP contribution in [0.15, 0.2) is 0 Å². The van der Waals surface area contributed by atoms with Crippen molar-refractivity contribution in [3.63, 3.8) is 0 Å². The van der Waals surface area contributed by atoms with Crippen LogP contribution < -0.4 is 5.32 Å². The fourth-order valence-electron chi connectivity index (χ4n) is 2.72. The highest BCUT2D eigenvalue weighted by molar-refractivity contribution is 5.83. The van der Waals surface area contributed by atoms with Gasteiger partial charge in [-0.1, -0.05) is 13.8 Å². The number of aliphatic hydroxyl groups excluding tert-OH is 1. The Morgan fingerprint density at radius 3 is 2.48 bits per heavy atom. The van der Waals surface area contributed by atoms with Gasteiger partial charge in [-0.25, -0.2) is 9.59 Å². The van der Waals surface area contributed by atoms with E-state index >= 15 is 0 Å². The van der Waals surface area contributed by atoms with Crippen molar-refractivity contribution in [1.82, 2.24) is 15.1 Å². The van der Waals surface area contributed by atoms with Crippen molar-refractivity contribution in [2.24, 2.45) is 5.92 Å². The van der Waals surface area contributed by atoms with E-state index in [4.69, 9.17) is 5.11 Å². The van der Waals surface area contributed by atoms with E-state index in [2.05, 4.69) is 19.2 Å². The highest BCUT2D eigenvalue weighted by Crippen LogP contribution is 2.18. The summed E-state index contributed by atoms with van der Waals surface area (Å²) in [6.07, 6.45) is 0.137. The van der Waals surface area contributed by atoms with Gasteiger partial charge in [0.1, 0.15) is 6.04 Å². The van der Waals surface area contributed by atoms with Crippen molar-refractivity contribution >= 4 is 12.0 Å². The van der Waals surface area contributed by atoms with Crippen LogP contribution in [-0.4, -0.2) is 77.4 Å². The van der Waals surface area contributed by atoms with Gasteiger partial charge in [-0.3, -0.25) is 0 Å². The summed E-state index contributed by atoms with van der Waals surface area (Å²) in [5.74, 6) is -0.649. The molecule has 122 valence electrons. The zero-order valence-corrected chi connectivity index (χ0v) is 13.2. The minimum atomic E-state index is -1.07. The summed E-state index contributed by atoms with van der Waals surface area (Å²) in [7, 11) is 3.86. The molecule has 3 atom stereocenters. The molecule has 3 N–H and O–H groups in total. The molecule has 1 rings (SSSR count). The number of carboxylic acids is 1. The van der Waals surface area contributed by atoms with Crippen LogP contribution in [0.5, 0.6) is 0 Å². The molecule has 1 aliphatic heterocycles. The topological polar surface area (TPSA) is 93.1 Å². The molecule has 2 unspecified atom stereocenters. The first-order valence-electron chi connectivity index (χ1n) is 7.33. The predicted molar refractivity (Wildman–Crippen MR) is 79.1 cm³/mol. The second-order valence-corrected chi connectivity index (χ2v) is 6.43. The van der Waals surface area contributed by atoms with E-state index < -0.39 is 24.1 Å². The van der Waals surface area contributed by atoms with Crippen LogP contribution in [0, 0.1) is 5.92 Å². The van der Waals surface area contributed by atoms with Crippen molar-refractivity contribution in [1.29, 1.82) is 0 Å². The molecule has 0 radical (unpaired) electrons. The summed E-state index contributed by atoms with van der Waals surface area (Å²) in [4.78, 5) is 26.7. The summed E-state index contributed by atoms with van der Waals surface area (Å²) in [6, 6.07) is -1.40. The summed E-state index contributed by atoms with van der Waals surface area (Å²) in [5, 5.41) is 21.6. The first-order chi connectivity index (χ1) is 9.70. The SMILES string of the molecule is CC(C)CC(CN(C)C)NC(=O)N1CC(O)C[C@H]1C(=O)O. The predicted octanol–water partition coefficient (Wildman–Crippen LogP) is 0.192. The van der Waals surface area contributed by atoms with Crippen LogP contribution in [0.2, 0.25) is 0 Å². The number of hydrogen-bond donors (Lipinski definition) is 3. The van der Waals surface area contributed by atoms with Crippen molar-refractivity contribution in [3.8, 4) is 0 Å². The minimum absolute atomic E-state index is 0.0420. The quantitative estimate of drug-likeness (QED) is 0.651. The van der Waals surface area contributed by atoms with Crippen LogP contribution in [0.25, 0.3) is 0 Å². The molecule has 0 aliphatic carbocycles. The van der Waals surface area contributed by atoms with E-state index in [1.807, 2.05) is 19.0 Å². The normalized spacial score (nSPS) is 23.7. The standard InChI is InChI=1S/C14H27N3O4/c1-9(2)5-10(7-16(3)4)15-14(21)17-8-11(18)6-12(17)13(19)20/h9-12,18H,5-8H2,1-4H3,(H,15,21)(H,19,20)/t10?,11?,12-/m0/s1. The number of hydrogen-bond acceptors (Lipinski definition) is 4. The number of rotatable bonds is 6. The molecule has 21 heavy (non-hydrogen) atoms. The molecule has 1 heterocycles. The number of amides is 2. The molecule has 0 aromatic carbocycles. The van der Waals surface area contributed by atoms with E-state index in [-0.39, 0.29) is 19.0 Å². The lowest BCUT2D eigenvalue weighted by atomic mass is 10.0. The first kappa shape index (κ1) is 17.7.